The van der Waals surface area contributed by atoms with Crippen molar-refractivity contribution in [2.24, 2.45) is 0 Å². The van der Waals surface area contributed by atoms with Gasteiger partial charge in [0.15, 0.2) is 0 Å². The topological polar surface area (TPSA) is 54.4 Å². The molecule has 0 spiro atoms. The van der Waals surface area contributed by atoms with Gasteiger partial charge in [-0.15, -0.1) is 0 Å². The summed E-state index contributed by atoms with van der Waals surface area (Å²) in [6, 6.07) is 12.0. The van der Waals surface area contributed by atoms with Crippen LogP contribution in [0.5, 0.6) is 0 Å². The molecular formula is C18H21O3P. The van der Waals surface area contributed by atoms with Crippen molar-refractivity contribution in [1.29, 1.82) is 0 Å². The molecule has 0 saturated heterocycles. The number of aryl methyl sites for hydroxylation is 3. The quantitative estimate of drug-likeness (QED) is 0.849. The van der Waals surface area contributed by atoms with Gasteiger partial charge in [-0.2, -0.15) is 0 Å². The van der Waals surface area contributed by atoms with E-state index in [1.165, 1.54) is 12.1 Å². The van der Waals surface area contributed by atoms with E-state index in [2.05, 4.69) is 6.92 Å². The number of benzene rings is 2. The fourth-order valence-electron chi connectivity index (χ4n) is 2.72. The molecule has 2 aromatic carbocycles. The van der Waals surface area contributed by atoms with E-state index in [0.29, 0.717) is 5.56 Å². The van der Waals surface area contributed by atoms with E-state index in [4.69, 9.17) is 0 Å². The maximum Gasteiger partial charge on any atom is 0.298 e. The zero-order valence-electron chi connectivity index (χ0n) is 13.2. The molecule has 116 valence electrons. The molecule has 22 heavy (non-hydrogen) atoms. The van der Waals surface area contributed by atoms with Gasteiger partial charge in [-0.3, -0.25) is 9.36 Å². The molecule has 3 nitrogen and oxygen atoms in total. The average molecular weight is 316 g/mol. The normalized spacial score (nSPS) is 13.6. The summed E-state index contributed by atoms with van der Waals surface area (Å²) in [5.41, 5.74) is 2.37. The lowest BCUT2D eigenvalue weighted by atomic mass is 9.98. The zero-order valence-corrected chi connectivity index (χ0v) is 14.1. The summed E-state index contributed by atoms with van der Waals surface area (Å²) in [5, 5.41) is 0.177. The standard InChI is InChI=1S/C18H21O3P/c1-4-8-15-11-13(2)17(14(3)12-15)18(19)22(20,21)16-9-6-5-7-10-16/h5-7,9-12H,4,8H2,1-3H3,(H,20,21). The smallest absolute Gasteiger partial charge is 0.298 e. The van der Waals surface area contributed by atoms with Gasteiger partial charge >= 0.3 is 0 Å². The van der Waals surface area contributed by atoms with Gasteiger partial charge in [0.05, 0.1) is 0 Å². The molecule has 0 amide bonds. The number of carbonyl (C=O) groups is 1. The molecule has 0 aliphatic rings. The molecule has 0 fully saturated rings. The van der Waals surface area contributed by atoms with Crippen LogP contribution in [-0.4, -0.2) is 10.4 Å². The summed E-state index contributed by atoms with van der Waals surface area (Å²) < 4.78 is 12.6. The van der Waals surface area contributed by atoms with Gasteiger partial charge in [-0.1, -0.05) is 43.7 Å². The first-order chi connectivity index (χ1) is 10.4. The van der Waals surface area contributed by atoms with Crippen molar-refractivity contribution in [3.05, 3.63) is 64.7 Å². The van der Waals surface area contributed by atoms with Gasteiger partial charge < -0.3 is 4.89 Å². The first kappa shape index (κ1) is 16.7. The third-order valence-electron chi connectivity index (χ3n) is 3.73. The van der Waals surface area contributed by atoms with Gasteiger partial charge in [0, 0.05) is 10.9 Å². The van der Waals surface area contributed by atoms with Crippen LogP contribution in [0.2, 0.25) is 0 Å². The Morgan fingerprint density at radius 3 is 2.14 bits per heavy atom. The van der Waals surface area contributed by atoms with Crippen LogP contribution in [-0.2, 0) is 11.0 Å². The summed E-state index contributed by atoms with van der Waals surface area (Å²) in [6.07, 6.45) is 1.96. The van der Waals surface area contributed by atoms with Crippen LogP contribution in [0, 0.1) is 13.8 Å². The Bertz CT molecular complexity index is 712. The number of hydrogen-bond donors (Lipinski definition) is 1. The van der Waals surface area contributed by atoms with E-state index >= 15 is 0 Å². The van der Waals surface area contributed by atoms with Crippen LogP contribution in [0.25, 0.3) is 0 Å². The maximum absolute atomic E-state index is 12.7. The molecule has 0 aromatic heterocycles. The molecule has 0 radical (unpaired) electrons. The maximum atomic E-state index is 12.7. The summed E-state index contributed by atoms with van der Waals surface area (Å²) in [6.45, 7) is 5.75. The second-order valence-electron chi connectivity index (χ2n) is 5.57. The highest BCUT2D eigenvalue weighted by atomic mass is 31.2. The molecule has 0 saturated carbocycles. The first-order valence-electron chi connectivity index (χ1n) is 7.41. The molecular weight excluding hydrogens is 295 g/mol. The van der Waals surface area contributed by atoms with Crippen molar-refractivity contribution in [1.82, 2.24) is 0 Å². The predicted molar refractivity (Wildman–Crippen MR) is 90.1 cm³/mol. The highest BCUT2D eigenvalue weighted by molar-refractivity contribution is 7.82. The molecule has 0 aliphatic carbocycles. The Labute approximate surface area is 131 Å². The van der Waals surface area contributed by atoms with Gasteiger partial charge in [0.1, 0.15) is 0 Å². The van der Waals surface area contributed by atoms with Crippen molar-refractivity contribution in [2.75, 3.05) is 0 Å². The second-order valence-corrected chi connectivity index (χ2v) is 7.65. The summed E-state index contributed by atoms with van der Waals surface area (Å²) in [4.78, 5) is 23.0. The number of carbonyl (C=O) groups excluding carboxylic acids is 1. The summed E-state index contributed by atoms with van der Waals surface area (Å²) in [5.74, 6) is 0. The van der Waals surface area contributed by atoms with Crippen molar-refractivity contribution in [2.45, 2.75) is 33.6 Å². The van der Waals surface area contributed by atoms with E-state index in [-0.39, 0.29) is 5.30 Å². The van der Waals surface area contributed by atoms with Crippen molar-refractivity contribution in [3.8, 4) is 0 Å². The second kappa shape index (κ2) is 6.60. The molecule has 1 N–H and O–H groups in total. The minimum atomic E-state index is -4.08. The monoisotopic (exact) mass is 316 g/mol. The minimum absolute atomic E-state index is 0.177. The van der Waals surface area contributed by atoms with Crippen molar-refractivity contribution >= 4 is 18.2 Å². The highest BCUT2D eigenvalue weighted by Gasteiger charge is 2.34. The van der Waals surface area contributed by atoms with Crippen LogP contribution < -0.4 is 5.30 Å². The van der Waals surface area contributed by atoms with E-state index in [1.807, 2.05) is 26.0 Å². The van der Waals surface area contributed by atoms with Crippen molar-refractivity contribution in [3.63, 3.8) is 0 Å². The Morgan fingerprint density at radius 1 is 1.09 bits per heavy atom. The van der Waals surface area contributed by atoms with Crippen LogP contribution in [0.3, 0.4) is 0 Å². The van der Waals surface area contributed by atoms with Crippen LogP contribution in [0.1, 0.15) is 40.4 Å². The third kappa shape index (κ3) is 3.21. The number of rotatable bonds is 5. The molecule has 4 heteroatoms. The van der Waals surface area contributed by atoms with E-state index < -0.39 is 12.9 Å². The largest absolute Gasteiger partial charge is 0.336 e. The van der Waals surface area contributed by atoms with Crippen molar-refractivity contribution < 1.29 is 14.3 Å². The molecule has 0 heterocycles. The first-order valence-corrected chi connectivity index (χ1v) is 9.07. The lowest BCUT2D eigenvalue weighted by Gasteiger charge is -2.15. The molecule has 1 unspecified atom stereocenters. The van der Waals surface area contributed by atoms with E-state index in [0.717, 1.165) is 29.5 Å². The number of hydrogen-bond acceptors (Lipinski definition) is 2. The molecule has 1 atom stereocenters. The minimum Gasteiger partial charge on any atom is -0.336 e. The zero-order chi connectivity index (χ0) is 16.3. The predicted octanol–water partition coefficient (Wildman–Crippen LogP) is 3.99. The van der Waals surface area contributed by atoms with Crippen LogP contribution in [0.15, 0.2) is 42.5 Å². The Kier molecular flexibility index (Phi) is 5.00. The lowest BCUT2D eigenvalue weighted by molar-refractivity contribution is 0.106. The highest BCUT2D eigenvalue weighted by Crippen LogP contribution is 2.44. The van der Waals surface area contributed by atoms with Gasteiger partial charge in [-0.25, -0.2) is 0 Å². The Morgan fingerprint density at radius 2 is 1.64 bits per heavy atom. The molecule has 0 aliphatic heterocycles. The molecule has 0 bridgehead atoms. The lowest BCUT2D eigenvalue weighted by Crippen LogP contribution is -2.15. The molecule has 2 aromatic rings. The van der Waals surface area contributed by atoms with E-state index in [9.17, 15) is 14.3 Å². The third-order valence-corrected chi connectivity index (χ3v) is 5.50. The Balaban J connectivity index is 2.48. The van der Waals surface area contributed by atoms with E-state index in [1.54, 1.807) is 18.2 Å². The summed E-state index contributed by atoms with van der Waals surface area (Å²) in [7, 11) is -4.08. The van der Waals surface area contributed by atoms with Gasteiger partial charge in [-0.05, 0) is 49.1 Å². The fraction of sp³-hybridized carbons (Fsp3) is 0.278. The Hall–Kier alpha value is -1.70. The SMILES string of the molecule is CCCc1cc(C)c(C(=O)P(=O)(O)c2ccccc2)c(C)c1. The summed E-state index contributed by atoms with van der Waals surface area (Å²) >= 11 is 0. The fourth-order valence-corrected chi connectivity index (χ4v) is 4.19. The van der Waals surface area contributed by atoms with Crippen LogP contribution >= 0.6 is 7.37 Å². The van der Waals surface area contributed by atoms with Crippen LogP contribution in [0.4, 0.5) is 0 Å². The van der Waals surface area contributed by atoms with Gasteiger partial charge in [0.2, 0.25) is 0 Å². The molecule has 2 rings (SSSR count). The van der Waals surface area contributed by atoms with Gasteiger partial charge in [0.25, 0.3) is 12.9 Å². The average Bonchev–Trinajstić information content (AvgIpc) is 2.47.